The molecule has 6 nitrogen and oxygen atoms in total. The van der Waals surface area contributed by atoms with Gasteiger partial charge in [0.1, 0.15) is 5.82 Å². The number of H-pyrrole nitrogens is 1. The van der Waals surface area contributed by atoms with Crippen LogP contribution in [0.25, 0.3) is 5.57 Å². The van der Waals surface area contributed by atoms with E-state index in [0.717, 1.165) is 5.69 Å². The highest BCUT2D eigenvalue weighted by molar-refractivity contribution is 6.20. The van der Waals surface area contributed by atoms with Crippen LogP contribution in [0.15, 0.2) is 30.5 Å². The summed E-state index contributed by atoms with van der Waals surface area (Å²) in [5.74, 6) is -1.39. The van der Waals surface area contributed by atoms with Crippen molar-refractivity contribution in [3.63, 3.8) is 0 Å². The Kier molecular flexibility index (Phi) is 3.94. The maximum atomic E-state index is 13.1. The van der Waals surface area contributed by atoms with Crippen LogP contribution < -0.4 is 5.73 Å². The summed E-state index contributed by atoms with van der Waals surface area (Å²) < 4.78 is 13.1. The number of nitrogens with two attached hydrogens (primary N) is 1. The van der Waals surface area contributed by atoms with Crippen LogP contribution in [0.3, 0.4) is 0 Å². The average molecular weight is 342 g/mol. The molecule has 130 valence electrons. The number of aromatic nitrogens is 2. The lowest BCUT2D eigenvalue weighted by Gasteiger charge is -2.28. The van der Waals surface area contributed by atoms with Crippen LogP contribution in [-0.4, -0.2) is 33.5 Å². The molecule has 0 spiro atoms. The highest BCUT2D eigenvalue weighted by Gasteiger charge is 2.36. The number of nitrogens with zero attached hydrogens (tertiary/aromatic N) is 2. The van der Waals surface area contributed by atoms with Crippen molar-refractivity contribution in [1.29, 1.82) is 0 Å². The Morgan fingerprint density at radius 1 is 1.28 bits per heavy atom. The van der Waals surface area contributed by atoms with Gasteiger partial charge in [0.25, 0.3) is 11.8 Å². The fourth-order valence-corrected chi connectivity index (χ4v) is 3.10. The fourth-order valence-electron chi connectivity index (χ4n) is 3.10. The molecule has 0 radical (unpaired) electrons. The molecule has 0 saturated heterocycles. The van der Waals surface area contributed by atoms with E-state index in [9.17, 15) is 14.0 Å². The quantitative estimate of drug-likeness (QED) is 0.875. The van der Waals surface area contributed by atoms with Gasteiger partial charge in [0.2, 0.25) is 0 Å². The van der Waals surface area contributed by atoms with Crippen LogP contribution in [0, 0.1) is 12.7 Å². The van der Waals surface area contributed by atoms with Crippen molar-refractivity contribution >= 4 is 17.4 Å². The number of benzene rings is 1. The first kappa shape index (κ1) is 16.9. The van der Waals surface area contributed by atoms with Crippen LogP contribution >= 0.6 is 0 Å². The third-order valence-electron chi connectivity index (χ3n) is 4.36. The van der Waals surface area contributed by atoms with E-state index in [4.69, 9.17) is 5.73 Å². The van der Waals surface area contributed by atoms with Gasteiger partial charge in [0.15, 0.2) is 0 Å². The Hall–Kier alpha value is -2.96. The Labute approximate surface area is 144 Å². The van der Waals surface area contributed by atoms with Crippen molar-refractivity contribution < 1.29 is 14.0 Å². The number of amides is 2. The molecule has 1 aliphatic heterocycles. The molecule has 2 aromatic rings. The van der Waals surface area contributed by atoms with Gasteiger partial charge in [-0.1, -0.05) is 13.8 Å². The van der Waals surface area contributed by atoms with E-state index in [1.54, 1.807) is 6.92 Å². The van der Waals surface area contributed by atoms with Crippen LogP contribution in [0.1, 0.15) is 41.2 Å². The molecule has 0 saturated carbocycles. The molecule has 1 aromatic heterocycles. The van der Waals surface area contributed by atoms with Gasteiger partial charge in [0.05, 0.1) is 17.0 Å². The Morgan fingerprint density at radius 2 is 1.92 bits per heavy atom. The normalized spacial score (nSPS) is 16.0. The second-order valence-corrected chi connectivity index (χ2v) is 6.79. The number of aryl methyl sites for hydroxylation is 1. The van der Waals surface area contributed by atoms with Crippen molar-refractivity contribution in [3.8, 4) is 0 Å². The third-order valence-corrected chi connectivity index (χ3v) is 4.36. The summed E-state index contributed by atoms with van der Waals surface area (Å²) in [7, 11) is 0. The highest BCUT2D eigenvalue weighted by atomic mass is 19.1. The van der Waals surface area contributed by atoms with Gasteiger partial charge in [-0.2, -0.15) is 5.10 Å². The smallest absolute Gasteiger partial charge is 0.257 e. The summed E-state index contributed by atoms with van der Waals surface area (Å²) in [6.07, 6.45) is 1.46. The molecule has 0 fully saturated rings. The molecule has 1 aliphatic rings. The largest absolute Gasteiger partial charge is 0.366 e. The molecule has 0 bridgehead atoms. The number of rotatable bonds is 2. The van der Waals surface area contributed by atoms with Crippen molar-refractivity contribution in [1.82, 2.24) is 15.1 Å². The molecular weight excluding hydrogens is 323 g/mol. The third kappa shape index (κ3) is 2.93. The van der Waals surface area contributed by atoms with E-state index < -0.39 is 17.1 Å². The first-order valence-corrected chi connectivity index (χ1v) is 7.84. The lowest BCUT2D eigenvalue weighted by Crippen LogP contribution is -2.37. The molecule has 1 aromatic carbocycles. The number of aromatic amines is 1. The Morgan fingerprint density at radius 3 is 2.52 bits per heavy atom. The minimum Gasteiger partial charge on any atom is -0.366 e. The fraction of sp³-hybridized carbons (Fsp3) is 0.278. The van der Waals surface area contributed by atoms with E-state index >= 15 is 0 Å². The summed E-state index contributed by atoms with van der Waals surface area (Å²) in [6, 6.07) is 5.29. The van der Waals surface area contributed by atoms with Gasteiger partial charge < -0.3 is 10.6 Å². The van der Waals surface area contributed by atoms with Crippen molar-refractivity contribution in [2.75, 3.05) is 6.54 Å². The number of hydrogen-bond donors (Lipinski definition) is 2. The van der Waals surface area contributed by atoms with E-state index in [0.29, 0.717) is 23.4 Å². The number of fused-ring (bicyclic) bond motifs is 1. The first-order valence-electron chi connectivity index (χ1n) is 7.84. The lowest BCUT2D eigenvalue weighted by atomic mass is 9.85. The van der Waals surface area contributed by atoms with E-state index in [-0.39, 0.29) is 11.5 Å². The van der Waals surface area contributed by atoms with Crippen molar-refractivity contribution in [3.05, 3.63) is 58.8 Å². The molecule has 3 rings (SSSR count). The molecule has 2 amide bonds. The van der Waals surface area contributed by atoms with Gasteiger partial charge in [-0.15, -0.1) is 0 Å². The van der Waals surface area contributed by atoms with Gasteiger partial charge in [-0.25, -0.2) is 4.39 Å². The zero-order valence-corrected chi connectivity index (χ0v) is 14.3. The van der Waals surface area contributed by atoms with E-state index in [2.05, 4.69) is 10.2 Å². The van der Waals surface area contributed by atoms with Crippen molar-refractivity contribution in [2.24, 2.45) is 5.73 Å². The molecule has 0 aliphatic carbocycles. The predicted molar refractivity (Wildman–Crippen MR) is 91.0 cm³/mol. The molecule has 25 heavy (non-hydrogen) atoms. The van der Waals surface area contributed by atoms with Gasteiger partial charge in [-0.3, -0.25) is 14.7 Å². The van der Waals surface area contributed by atoms with E-state index in [1.807, 2.05) is 13.8 Å². The Bertz CT molecular complexity index is 881. The zero-order chi connectivity index (χ0) is 18.4. The van der Waals surface area contributed by atoms with Crippen LogP contribution in [0.2, 0.25) is 0 Å². The number of carbonyl (C=O) groups excluding carboxylic acids is 2. The highest BCUT2D eigenvalue weighted by Crippen LogP contribution is 2.35. The Balaban J connectivity index is 2.11. The lowest BCUT2D eigenvalue weighted by molar-refractivity contribution is -0.112. The summed E-state index contributed by atoms with van der Waals surface area (Å²) in [4.78, 5) is 26.3. The second kappa shape index (κ2) is 5.84. The number of halogens is 1. The minimum absolute atomic E-state index is 0.224. The average Bonchev–Trinajstić information content (AvgIpc) is 2.87. The topological polar surface area (TPSA) is 92.1 Å². The molecular formula is C18H19FN4O2. The number of nitrogens with one attached hydrogen (secondary N) is 1. The summed E-state index contributed by atoms with van der Waals surface area (Å²) in [5.41, 5.74) is 7.65. The van der Waals surface area contributed by atoms with E-state index in [1.165, 1.54) is 35.4 Å². The van der Waals surface area contributed by atoms with Gasteiger partial charge in [-0.05, 0) is 31.2 Å². The maximum Gasteiger partial charge on any atom is 0.257 e. The van der Waals surface area contributed by atoms with Gasteiger partial charge >= 0.3 is 0 Å². The minimum atomic E-state index is -0.639. The van der Waals surface area contributed by atoms with Gasteiger partial charge in [0, 0.05) is 29.3 Å². The zero-order valence-electron chi connectivity index (χ0n) is 14.3. The second-order valence-electron chi connectivity index (χ2n) is 6.79. The first-order chi connectivity index (χ1) is 11.7. The molecule has 3 N–H and O–H groups in total. The maximum absolute atomic E-state index is 13.1. The predicted octanol–water partition coefficient (Wildman–Crippen LogP) is 2.12. The van der Waals surface area contributed by atoms with Crippen molar-refractivity contribution in [2.45, 2.75) is 26.2 Å². The number of primary amides is 1. The number of hydrogen-bond acceptors (Lipinski definition) is 3. The van der Waals surface area contributed by atoms with Crippen LogP contribution in [-0.2, 0) is 10.2 Å². The monoisotopic (exact) mass is 342 g/mol. The summed E-state index contributed by atoms with van der Waals surface area (Å²) >= 11 is 0. The molecule has 0 unspecified atom stereocenters. The van der Waals surface area contributed by atoms with Crippen LogP contribution in [0.4, 0.5) is 4.39 Å². The van der Waals surface area contributed by atoms with Crippen LogP contribution in [0.5, 0.6) is 0 Å². The molecule has 0 atom stereocenters. The number of carbonyl (C=O) groups is 2. The standard InChI is InChI=1S/C18H19FN4O2/c1-10-14-13(16(20)24)8-23(9-18(2,3)15(14)22-21-10)17(25)11-4-6-12(19)7-5-11/h4-8H,9H2,1-3H3,(H2,20,24)(H,21,22). The summed E-state index contributed by atoms with van der Waals surface area (Å²) in [5, 5.41) is 7.15. The molecule has 2 heterocycles. The SMILES string of the molecule is Cc1n[nH]c2c1C(C(N)=O)=CN(C(=O)c1ccc(F)cc1)CC2(C)C. The molecule has 7 heteroatoms. The summed E-state index contributed by atoms with van der Waals surface area (Å²) in [6.45, 7) is 5.99.